The van der Waals surface area contributed by atoms with Gasteiger partial charge in [0.25, 0.3) is 0 Å². The summed E-state index contributed by atoms with van der Waals surface area (Å²) in [5.41, 5.74) is 0. The molecule has 1 unspecified atom stereocenters. The van der Waals surface area contributed by atoms with Gasteiger partial charge in [-0.3, -0.25) is 4.79 Å². The second-order valence-electron chi connectivity index (χ2n) is 3.47. The molecule has 1 atom stereocenters. The highest BCUT2D eigenvalue weighted by Gasteiger charge is 2.25. The number of carbonyl (C=O) groups is 1. The molecule has 0 aliphatic carbocycles. The fourth-order valence-electron chi connectivity index (χ4n) is 1.70. The number of amides is 1. The Kier molecular flexibility index (Phi) is 4.41. The summed E-state index contributed by atoms with van der Waals surface area (Å²) >= 11 is 0. The fourth-order valence-corrected chi connectivity index (χ4v) is 1.70. The van der Waals surface area contributed by atoms with Gasteiger partial charge in [-0.2, -0.15) is 5.26 Å². The molecule has 78 valence electrons. The Labute approximate surface area is 84.4 Å². The molecule has 14 heavy (non-hydrogen) atoms. The van der Waals surface area contributed by atoms with E-state index in [-0.39, 0.29) is 11.9 Å². The van der Waals surface area contributed by atoms with Gasteiger partial charge in [0.05, 0.1) is 19.1 Å². The summed E-state index contributed by atoms with van der Waals surface area (Å²) < 4.78 is 4.84. The summed E-state index contributed by atoms with van der Waals surface area (Å²) in [5.74, 6) is 0.0399. The van der Waals surface area contributed by atoms with Crippen LogP contribution in [-0.4, -0.2) is 37.1 Å². The van der Waals surface area contributed by atoms with E-state index in [1.807, 2.05) is 0 Å². The third-order valence-electron chi connectivity index (χ3n) is 2.49. The van der Waals surface area contributed by atoms with Crippen LogP contribution in [0.1, 0.15) is 25.7 Å². The quantitative estimate of drug-likeness (QED) is 0.674. The normalized spacial score (nSPS) is 21.7. The molecule has 1 saturated heterocycles. The van der Waals surface area contributed by atoms with Crippen molar-refractivity contribution in [2.45, 2.75) is 31.7 Å². The number of likely N-dealkylation sites (tertiary alicyclic amines) is 1. The zero-order chi connectivity index (χ0) is 10.4. The first-order valence-electron chi connectivity index (χ1n) is 4.97. The van der Waals surface area contributed by atoms with E-state index >= 15 is 0 Å². The lowest BCUT2D eigenvalue weighted by Crippen LogP contribution is -2.43. The van der Waals surface area contributed by atoms with Gasteiger partial charge in [0.15, 0.2) is 0 Å². The maximum atomic E-state index is 11.6. The summed E-state index contributed by atoms with van der Waals surface area (Å²) in [5, 5.41) is 8.86. The van der Waals surface area contributed by atoms with E-state index in [2.05, 4.69) is 6.07 Å². The molecule has 1 heterocycles. The average Bonchev–Trinajstić information content (AvgIpc) is 2.25. The molecular formula is C10H16N2O2. The standard InChI is InChI=1S/C10H16N2O2/c1-14-7-5-10(13)12-6-3-2-4-9(12)8-11/h9H,2-7H2,1H3. The van der Waals surface area contributed by atoms with Gasteiger partial charge < -0.3 is 9.64 Å². The van der Waals surface area contributed by atoms with E-state index < -0.39 is 0 Å². The van der Waals surface area contributed by atoms with Crippen LogP contribution in [0.5, 0.6) is 0 Å². The van der Waals surface area contributed by atoms with Gasteiger partial charge in [-0.05, 0) is 19.3 Å². The van der Waals surface area contributed by atoms with Crippen LogP contribution < -0.4 is 0 Å². The molecule has 0 aromatic heterocycles. The molecule has 0 bridgehead atoms. The fraction of sp³-hybridized carbons (Fsp3) is 0.800. The third kappa shape index (κ3) is 2.71. The van der Waals surface area contributed by atoms with Gasteiger partial charge in [0.2, 0.25) is 5.91 Å². The highest BCUT2D eigenvalue weighted by molar-refractivity contribution is 5.77. The number of hydrogen-bond acceptors (Lipinski definition) is 3. The van der Waals surface area contributed by atoms with Crippen LogP contribution in [0, 0.1) is 11.3 Å². The minimum Gasteiger partial charge on any atom is -0.384 e. The number of methoxy groups -OCH3 is 1. The predicted molar refractivity (Wildman–Crippen MR) is 51.5 cm³/mol. The van der Waals surface area contributed by atoms with E-state index in [4.69, 9.17) is 10.00 Å². The monoisotopic (exact) mass is 196 g/mol. The van der Waals surface area contributed by atoms with E-state index in [0.29, 0.717) is 13.0 Å². The SMILES string of the molecule is COCCC(=O)N1CCCCC1C#N. The smallest absolute Gasteiger partial charge is 0.225 e. The van der Waals surface area contributed by atoms with Crippen molar-refractivity contribution in [3.8, 4) is 6.07 Å². The van der Waals surface area contributed by atoms with Gasteiger partial charge in [0, 0.05) is 13.7 Å². The summed E-state index contributed by atoms with van der Waals surface area (Å²) in [6, 6.07) is 1.96. The highest BCUT2D eigenvalue weighted by atomic mass is 16.5. The molecular weight excluding hydrogens is 180 g/mol. The average molecular weight is 196 g/mol. The zero-order valence-corrected chi connectivity index (χ0v) is 8.53. The first-order valence-corrected chi connectivity index (χ1v) is 4.97. The van der Waals surface area contributed by atoms with Crippen molar-refractivity contribution in [2.75, 3.05) is 20.3 Å². The van der Waals surface area contributed by atoms with Crippen LogP contribution in [0.2, 0.25) is 0 Å². The number of rotatable bonds is 3. The first kappa shape index (κ1) is 11.0. The van der Waals surface area contributed by atoms with Gasteiger partial charge in [-0.15, -0.1) is 0 Å². The lowest BCUT2D eigenvalue weighted by atomic mass is 10.0. The molecule has 1 rings (SSSR count). The summed E-state index contributed by atoms with van der Waals surface area (Å²) in [4.78, 5) is 13.3. The van der Waals surface area contributed by atoms with Gasteiger partial charge in [-0.25, -0.2) is 0 Å². The zero-order valence-electron chi connectivity index (χ0n) is 8.53. The van der Waals surface area contributed by atoms with E-state index in [1.165, 1.54) is 0 Å². The number of carbonyl (C=O) groups excluding carboxylic acids is 1. The number of nitriles is 1. The minimum atomic E-state index is -0.215. The van der Waals surface area contributed by atoms with Crippen LogP contribution in [0.3, 0.4) is 0 Å². The van der Waals surface area contributed by atoms with Crippen molar-refractivity contribution in [3.63, 3.8) is 0 Å². The van der Waals surface area contributed by atoms with E-state index in [1.54, 1.807) is 12.0 Å². The van der Waals surface area contributed by atoms with Gasteiger partial charge in [0.1, 0.15) is 6.04 Å². The molecule has 0 N–H and O–H groups in total. The van der Waals surface area contributed by atoms with Crippen molar-refractivity contribution in [1.82, 2.24) is 4.90 Å². The second-order valence-corrected chi connectivity index (χ2v) is 3.47. The molecule has 0 aromatic rings. The summed E-state index contributed by atoms with van der Waals surface area (Å²) in [6.45, 7) is 1.16. The van der Waals surface area contributed by atoms with Crippen molar-refractivity contribution < 1.29 is 9.53 Å². The summed E-state index contributed by atoms with van der Waals surface area (Å²) in [6.07, 6.45) is 3.26. The van der Waals surface area contributed by atoms with Crippen molar-refractivity contribution in [3.05, 3.63) is 0 Å². The van der Waals surface area contributed by atoms with Crippen LogP contribution in [-0.2, 0) is 9.53 Å². The highest BCUT2D eigenvalue weighted by Crippen LogP contribution is 2.17. The van der Waals surface area contributed by atoms with Crippen LogP contribution in [0.15, 0.2) is 0 Å². The van der Waals surface area contributed by atoms with E-state index in [0.717, 1.165) is 25.8 Å². The number of nitrogens with zero attached hydrogens (tertiary/aromatic N) is 2. The Morgan fingerprint density at radius 2 is 2.43 bits per heavy atom. The Hall–Kier alpha value is -1.08. The van der Waals surface area contributed by atoms with Gasteiger partial charge in [-0.1, -0.05) is 0 Å². The third-order valence-corrected chi connectivity index (χ3v) is 2.49. The van der Waals surface area contributed by atoms with Crippen molar-refractivity contribution in [1.29, 1.82) is 5.26 Å². The van der Waals surface area contributed by atoms with Crippen molar-refractivity contribution in [2.24, 2.45) is 0 Å². The van der Waals surface area contributed by atoms with Crippen LogP contribution >= 0.6 is 0 Å². The number of hydrogen-bond donors (Lipinski definition) is 0. The molecule has 1 amide bonds. The Bertz CT molecular complexity index is 235. The molecule has 0 spiro atoms. The first-order chi connectivity index (χ1) is 6.79. The lowest BCUT2D eigenvalue weighted by Gasteiger charge is -2.31. The maximum Gasteiger partial charge on any atom is 0.225 e. The second kappa shape index (κ2) is 5.61. The summed E-state index contributed by atoms with van der Waals surface area (Å²) in [7, 11) is 1.57. The molecule has 4 nitrogen and oxygen atoms in total. The molecule has 0 saturated carbocycles. The minimum absolute atomic E-state index is 0.0399. The maximum absolute atomic E-state index is 11.6. The topological polar surface area (TPSA) is 53.3 Å². The van der Waals surface area contributed by atoms with Gasteiger partial charge >= 0.3 is 0 Å². The number of piperidine rings is 1. The molecule has 1 fully saturated rings. The van der Waals surface area contributed by atoms with Crippen LogP contribution in [0.4, 0.5) is 0 Å². The van der Waals surface area contributed by atoms with Crippen molar-refractivity contribution >= 4 is 5.91 Å². The molecule has 0 radical (unpaired) electrons. The predicted octanol–water partition coefficient (Wildman–Crippen LogP) is 0.928. The molecule has 1 aliphatic rings. The number of ether oxygens (including phenoxy) is 1. The Morgan fingerprint density at radius 3 is 3.07 bits per heavy atom. The molecule has 0 aromatic carbocycles. The van der Waals surface area contributed by atoms with E-state index in [9.17, 15) is 4.79 Å². The Balaban J connectivity index is 2.47. The largest absolute Gasteiger partial charge is 0.384 e. The van der Waals surface area contributed by atoms with Crippen LogP contribution in [0.25, 0.3) is 0 Å². The lowest BCUT2D eigenvalue weighted by molar-refractivity contribution is -0.134. The molecule has 1 aliphatic heterocycles. The Morgan fingerprint density at radius 1 is 1.64 bits per heavy atom. The molecule has 4 heteroatoms.